The van der Waals surface area contributed by atoms with E-state index in [2.05, 4.69) is 0 Å². The summed E-state index contributed by atoms with van der Waals surface area (Å²) in [4.78, 5) is 66.1. The number of fused-ring (bicyclic) bond motifs is 4. The van der Waals surface area contributed by atoms with Crippen LogP contribution in [-0.4, -0.2) is 107 Å². The van der Waals surface area contributed by atoms with Crippen molar-refractivity contribution in [3.8, 4) is 0 Å². The number of aliphatic hydroxyl groups is 2. The first-order valence-electron chi connectivity index (χ1n) is 17.7. The van der Waals surface area contributed by atoms with E-state index in [-0.39, 0.29) is 18.3 Å². The molecular weight excluding hydrogens is 656 g/mol. The zero-order valence-corrected chi connectivity index (χ0v) is 30.3. The third-order valence-electron chi connectivity index (χ3n) is 14.8. The molecule has 3 heterocycles. The number of rotatable bonds is 7. The van der Waals surface area contributed by atoms with E-state index in [1.165, 1.54) is 34.8 Å². The second kappa shape index (κ2) is 10.9. The Hall–Kier alpha value is -2.65. The highest BCUT2D eigenvalue weighted by Gasteiger charge is 2.91. The molecule has 0 radical (unpaired) electrons. The molecule has 0 aromatic heterocycles. The van der Waals surface area contributed by atoms with Gasteiger partial charge in [0.25, 0.3) is 0 Å². The lowest BCUT2D eigenvalue weighted by Crippen LogP contribution is -2.67. The van der Waals surface area contributed by atoms with E-state index >= 15 is 0 Å². The van der Waals surface area contributed by atoms with Crippen molar-refractivity contribution in [2.75, 3.05) is 7.11 Å². The lowest BCUT2D eigenvalue weighted by atomic mass is 9.48. The molecule has 4 aliphatic carbocycles. The summed E-state index contributed by atoms with van der Waals surface area (Å²) in [6.07, 6.45) is -6.44. The standard InChI is InChI=1S/C36H50O14/c1-13-22-23(34(8)35(9,43)31(42)50-36(34)28(13)49-36)24(41)14(2)32(22,6)29(46-16(4)38)26(45-15(3)37)18-11-20(40)25(44-10)19-12-21-27(48-21)30(33(18,19)7)47-17(5)39/h13-14,18-19,21-30,41,43H,11-12H2,1-10H3/t13-,14+,18+,19+,21-,22-,23-,24+,25?,26-,27-,28+,29-,30-,32-,33+,34-,35+,36-/m0/s1. The van der Waals surface area contributed by atoms with Gasteiger partial charge in [0.05, 0.1) is 17.6 Å². The molecule has 0 aromatic carbocycles. The predicted octanol–water partition coefficient (Wildman–Crippen LogP) is 1.49. The summed E-state index contributed by atoms with van der Waals surface area (Å²) in [7, 11) is 1.45. The summed E-state index contributed by atoms with van der Waals surface area (Å²) in [6.45, 7) is 14.3. The molecule has 7 fully saturated rings. The minimum Gasteiger partial charge on any atom is -0.459 e. The third kappa shape index (κ3) is 4.22. The van der Waals surface area contributed by atoms with Gasteiger partial charge in [0, 0.05) is 62.9 Å². The first kappa shape index (κ1) is 35.7. The summed E-state index contributed by atoms with van der Waals surface area (Å²) in [5, 5.41) is 24.0. The smallest absolute Gasteiger partial charge is 0.341 e. The number of ether oxygens (including phenoxy) is 7. The number of carbonyl (C=O) groups is 5. The van der Waals surface area contributed by atoms with E-state index in [0.29, 0.717) is 6.42 Å². The Morgan fingerprint density at radius 3 is 2.18 bits per heavy atom. The molecule has 19 atom stereocenters. The van der Waals surface area contributed by atoms with Gasteiger partial charge in [-0.05, 0) is 38.0 Å². The Kier molecular flexibility index (Phi) is 7.82. The topological polar surface area (TPSA) is 197 Å². The molecular formula is C36H50O14. The van der Waals surface area contributed by atoms with Crippen molar-refractivity contribution in [2.45, 2.75) is 135 Å². The Labute approximate surface area is 291 Å². The quantitative estimate of drug-likeness (QED) is 0.219. The van der Waals surface area contributed by atoms with Crippen molar-refractivity contribution in [3.05, 3.63) is 0 Å². The largest absolute Gasteiger partial charge is 0.459 e. The van der Waals surface area contributed by atoms with Crippen LogP contribution >= 0.6 is 0 Å². The SMILES string of the molecule is COC1C(=O)C[C@H]([C@H](OC(C)=O)[C@H](OC(C)=O)[C@]2(C)[C@H]3[C@H](C)[C@H]4O[C@]45OC(=O)[C@@](C)(O)[C@]5(C)[C@@H]3[C@H](O)[C@H]2C)[C@]2(C)[C@@H]1C[C@@H]1O[C@@H]1[C@@H]2OC(C)=O. The van der Waals surface area contributed by atoms with Crippen LogP contribution in [0.2, 0.25) is 0 Å². The molecule has 14 heteroatoms. The second-order valence-corrected chi connectivity index (χ2v) is 16.8. The van der Waals surface area contributed by atoms with E-state index < -0.39 is 130 Å². The number of Topliss-reactive ketones (excluding diaryl/α,β-unsaturated/α-hetero) is 1. The van der Waals surface area contributed by atoms with E-state index in [9.17, 15) is 34.2 Å². The number of ketones is 1. The maximum atomic E-state index is 14.0. The monoisotopic (exact) mass is 706 g/mol. The Bertz CT molecular complexity index is 1530. The van der Waals surface area contributed by atoms with E-state index in [1.54, 1.807) is 6.92 Å². The molecule has 7 rings (SSSR count). The molecule has 0 aromatic rings. The molecule has 0 bridgehead atoms. The number of methoxy groups -OCH3 is 1. The van der Waals surface area contributed by atoms with Gasteiger partial charge in [0.15, 0.2) is 11.4 Å². The van der Waals surface area contributed by atoms with Crippen molar-refractivity contribution in [2.24, 2.45) is 51.8 Å². The van der Waals surface area contributed by atoms with Crippen LogP contribution in [0.4, 0.5) is 0 Å². The van der Waals surface area contributed by atoms with E-state index in [1.807, 2.05) is 27.7 Å². The normalized spacial score (nSPS) is 53.7. The zero-order valence-electron chi connectivity index (χ0n) is 30.3. The lowest BCUT2D eigenvalue weighted by Gasteiger charge is -2.58. The molecule has 7 aliphatic rings. The molecule has 50 heavy (non-hydrogen) atoms. The van der Waals surface area contributed by atoms with E-state index in [0.717, 1.165) is 0 Å². The third-order valence-corrected chi connectivity index (χ3v) is 14.8. The van der Waals surface area contributed by atoms with Gasteiger partial charge in [0.1, 0.15) is 36.6 Å². The number of carbonyl (C=O) groups excluding carboxylic acids is 5. The number of hydrogen-bond acceptors (Lipinski definition) is 14. The van der Waals surface area contributed by atoms with Crippen molar-refractivity contribution < 1.29 is 67.3 Å². The van der Waals surface area contributed by atoms with Gasteiger partial charge in [-0.3, -0.25) is 19.2 Å². The highest BCUT2D eigenvalue weighted by Crippen LogP contribution is 2.78. The van der Waals surface area contributed by atoms with Crippen LogP contribution in [0.25, 0.3) is 0 Å². The molecule has 1 spiro atoms. The fourth-order valence-electron chi connectivity index (χ4n) is 12.2. The van der Waals surface area contributed by atoms with Crippen LogP contribution in [0.3, 0.4) is 0 Å². The highest BCUT2D eigenvalue weighted by molar-refractivity contribution is 5.86. The molecule has 3 saturated heterocycles. The van der Waals surface area contributed by atoms with Crippen molar-refractivity contribution in [1.29, 1.82) is 0 Å². The zero-order chi connectivity index (χ0) is 36.8. The number of esters is 4. The van der Waals surface area contributed by atoms with Crippen molar-refractivity contribution in [1.82, 2.24) is 0 Å². The fraction of sp³-hybridized carbons (Fsp3) is 0.861. The molecule has 14 nitrogen and oxygen atoms in total. The molecule has 0 amide bonds. The average molecular weight is 707 g/mol. The number of aliphatic hydroxyl groups excluding tert-OH is 1. The van der Waals surface area contributed by atoms with Crippen LogP contribution in [0.15, 0.2) is 0 Å². The minimum atomic E-state index is -2.03. The van der Waals surface area contributed by atoms with Gasteiger partial charge in [-0.1, -0.05) is 27.7 Å². The van der Waals surface area contributed by atoms with Gasteiger partial charge in [-0.25, -0.2) is 4.79 Å². The first-order chi connectivity index (χ1) is 23.2. The molecule has 4 saturated carbocycles. The average Bonchev–Trinajstić information content (AvgIpc) is 3.93. The van der Waals surface area contributed by atoms with Gasteiger partial charge < -0.3 is 43.4 Å². The molecule has 278 valence electrons. The Morgan fingerprint density at radius 1 is 0.960 bits per heavy atom. The summed E-state index contributed by atoms with van der Waals surface area (Å²) in [5.74, 6) is -8.26. The van der Waals surface area contributed by atoms with Crippen LogP contribution < -0.4 is 0 Å². The van der Waals surface area contributed by atoms with E-state index in [4.69, 9.17) is 33.2 Å². The number of epoxide rings is 2. The van der Waals surface area contributed by atoms with Crippen molar-refractivity contribution in [3.63, 3.8) is 0 Å². The summed E-state index contributed by atoms with van der Waals surface area (Å²) in [5.41, 5.74) is -5.71. The Morgan fingerprint density at radius 2 is 1.60 bits per heavy atom. The molecule has 1 unspecified atom stereocenters. The maximum absolute atomic E-state index is 14.0. The van der Waals surface area contributed by atoms with Gasteiger partial charge in [0.2, 0.25) is 5.79 Å². The minimum absolute atomic E-state index is 0.156. The van der Waals surface area contributed by atoms with Crippen LogP contribution in [0.5, 0.6) is 0 Å². The number of hydrogen-bond donors (Lipinski definition) is 2. The van der Waals surface area contributed by atoms with Gasteiger partial charge in [-0.15, -0.1) is 0 Å². The fourth-order valence-corrected chi connectivity index (χ4v) is 12.2. The predicted molar refractivity (Wildman–Crippen MR) is 167 cm³/mol. The van der Waals surface area contributed by atoms with Crippen molar-refractivity contribution >= 4 is 29.7 Å². The maximum Gasteiger partial charge on any atom is 0.341 e. The van der Waals surface area contributed by atoms with Crippen LogP contribution in [-0.2, 0) is 57.1 Å². The Balaban J connectivity index is 1.40. The summed E-state index contributed by atoms with van der Waals surface area (Å²) < 4.78 is 42.3. The van der Waals surface area contributed by atoms with Gasteiger partial charge in [-0.2, -0.15) is 0 Å². The first-order valence-corrected chi connectivity index (χ1v) is 17.7. The van der Waals surface area contributed by atoms with Crippen LogP contribution in [0, 0.1) is 51.8 Å². The summed E-state index contributed by atoms with van der Waals surface area (Å²) in [6, 6.07) is 0. The summed E-state index contributed by atoms with van der Waals surface area (Å²) >= 11 is 0. The lowest BCUT2D eigenvalue weighted by molar-refractivity contribution is -0.229. The second-order valence-electron chi connectivity index (χ2n) is 16.8. The van der Waals surface area contributed by atoms with Gasteiger partial charge >= 0.3 is 23.9 Å². The highest BCUT2D eigenvalue weighted by atomic mass is 16.8. The van der Waals surface area contributed by atoms with Crippen LogP contribution in [0.1, 0.15) is 75.2 Å². The molecule has 2 N–H and O–H groups in total. The molecule has 3 aliphatic heterocycles.